The molecule has 0 aliphatic rings. The Labute approximate surface area is 131 Å². The van der Waals surface area contributed by atoms with Crippen molar-refractivity contribution < 1.29 is 14.8 Å². The molecule has 116 valence electrons. The zero-order chi connectivity index (χ0) is 16.3. The van der Waals surface area contributed by atoms with Crippen molar-refractivity contribution in [3.05, 3.63) is 46.1 Å². The zero-order valence-corrected chi connectivity index (χ0v) is 13.0. The second-order valence-corrected chi connectivity index (χ2v) is 6.42. The molecule has 1 N–H and O–H groups in total. The third-order valence-electron chi connectivity index (χ3n) is 3.21. The van der Waals surface area contributed by atoms with Crippen LogP contribution in [0.15, 0.2) is 30.5 Å². The first kappa shape index (κ1) is 16.1. The van der Waals surface area contributed by atoms with E-state index < -0.39 is 16.8 Å². The van der Waals surface area contributed by atoms with E-state index in [4.69, 9.17) is 0 Å². The molecule has 1 unspecified atom stereocenters. The number of nitro groups is 1. The first-order valence-corrected chi connectivity index (χ1v) is 7.63. The van der Waals surface area contributed by atoms with Crippen molar-refractivity contribution in [3.8, 4) is 10.6 Å². The minimum Gasteiger partial charge on any atom is -0.481 e. The number of carboxylic acids is 1. The number of thiazole rings is 1. The van der Waals surface area contributed by atoms with Crippen molar-refractivity contribution in [1.82, 2.24) is 4.98 Å². The topological polar surface area (TPSA) is 93.3 Å². The summed E-state index contributed by atoms with van der Waals surface area (Å²) in [5.41, 5.74) is 1.39. The number of benzene rings is 1. The lowest BCUT2D eigenvalue weighted by atomic mass is 9.89. The van der Waals surface area contributed by atoms with Gasteiger partial charge in [-0.15, -0.1) is 0 Å². The summed E-state index contributed by atoms with van der Waals surface area (Å²) < 4.78 is 0. The van der Waals surface area contributed by atoms with Gasteiger partial charge in [0.15, 0.2) is 0 Å². The normalized spacial score (nSPS) is 12.3. The maximum absolute atomic E-state index is 11.5. The number of carboxylic acid groups (broad SMARTS) is 1. The molecule has 0 radical (unpaired) electrons. The highest BCUT2D eigenvalue weighted by atomic mass is 32.1. The van der Waals surface area contributed by atoms with Gasteiger partial charge in [0.2, 0.25) is 0 Å². The molecule has 0 fully saturated rings. The van der Waals surface area contributed by atoms with Crippen molar-refractivity contribution in [2.45, 2.75) is 26.2 Å². The summed E-state index contributed by atoms with van der Waals surface area (Å²) in [7, 11) is 0. The van der Waals surface area contributed by atoms with Crippen molar-refractivity contribution in [1.29, 1.82) is 0 Å². The van der Waals surface area contributed by atoms with Crippen LogP contribution in [0.1, 0.15) is 31.7 Å². The highest BCUT2D eigenvalue weighted by molar-refractivity contribution is 7.18. The molecule has 0 aliphatic heterocycles. The van der Waals surface area contributed by atoms with E-state index >= 15 is 0 Å². The van der Waals surface area contributed by atoms with Crippen LogP contribution in [0.2, 0.25) is 0 Å². The Balaban J connectivity index is 2.35. The van der Waals surface area contributed by atoms with Crippen LogP contribution < -0.4 is 0 Å². The average Bonchev–Trinajstić information content (AvgIpc) is 2.94. The highest BCUT2D eigenvalue weighted by Gasteiger charge is 2.22. The SMILES string of the molecule is CC(C)CC(C(=O)O)c1cccc(-c2ncc([N+](=O)[O-])s2)c1. The van der Waals surface area contributed by atoms with Crippen LogP contribution in [0.4, 0.5) is 5.00 Å². The highest BCUT2D eigenvalue weighted by Crippen LogP contribution is 2.32. The molecular formula is C15H16N2O4S. The second-order valence-electron chi connectivity index (χ2n) is 5.41. The minimum absolute atomic E-state index is 0.0302. The second kappa shape index (κ2) is 6.65. The van der Waals surface area contributed by atoms with Crippen LogP contribution in [0.3, 0.4) is 0 Å². The molecule has 1 aromatic carbocycles. The van der Waals surface area contributed by atoms with E-state index in [1.54, 1.807) is 24.3 Å². The summed E-state index contributed by atoms with van der Waals surface area (Å²) in [5.74, 6) is -1.20. The van der Waals surface area contributed by atoms with E-state index in [1.807, 2.05) is 13.8 Å². The summed E-state index contributed by atoms with van der Waals surface area (Å²) in [5, 5.41) is 20.6. The van der Waals surface area contributed by atoms with Crippen molar-refractivity contribution in [2.24, 2.45) is 5.92 Å². The molecule has 2 rings (SSSR count). The number of aromatic nitrogens is 1. The van der Waals surface area contributed by atoms with Crippen molar-refractivity contribution >= 4 is 22.3 Å². The molecule has 7 heteroatoms. The van der Waals surface area contributed by atoms with E-state index in [0.29, 0.717) is 22.6 Å². The molecule has 0 saturated heterocycles. The molecule has 1 atom stereocenters. The fourth-order valence-corrected chi connectivity index (χ4v) is 2.95. The predicted octanol–water partition coefficient (Wildman–Crippen LogP) is 3.93. The zero-order valence-electron chi connectivity index (χ0n) is 12.2. The Kier molecular flexibility index (Phi) is 4.87. The predicted molar refractivity (Wildman–Crippen MR) is 84.0 cm³/mol. The quantitative estimate of drug-likeness (QED) is 0.643. The van der Waals surface area contributed by atoms with Gasteiger partial charge in [0.1, 0.15) is 11.2 Å². The van der Waals surface area contributed by atoms with Crippen LogP contribution in [0.25, 0.3) is 10.6 Å². The number of hydrogen-bond acceptors (Lipinski definition) is 5. The molecular weight excluding hydrogens is 304 g/mol. The molecule has 0 amide bonds. The van der Waals surface area contributed by atoms with Gasteiger partial charge in [-0.05, 0) is 35.3 Å². The fourth-order valence-electron chi connectivity index (χ4n) is 2.22. The van der Waals surface area contributed by atoms with Gasteiger partial charge in [0.25, 0.3) is 0 Å². The van der Waals surface area contributed by atoms with Gasteiger partial charge in [0, 0.05) is 5.56 Å². The van der Waals surface area contributed by atoms with Crippen LogP contribution in [0, 0.1) is 16.0 Å². The molecule has 1 heterocycles. The van der Waals surface area contributed by atoms with E-state index in [2.05, 4.69) is 4.98 Å². The van der Waals surface area contributed by atoms with E-state index in [0.717, 1.165) is 11.3 Å². The summed E-state index contributed by atoms with van der Waals surface area (Å²) in [4.78, 5) is 25.8. The molecule has 1 aromatic heterocycles. The van der Waals surface area contributed by atoms with Crippen molar-refractivity contribution in [2.75, 3.05) is 0 Å². The molecule has 22 heavy (non-hydrogen) atoms. The Bertz CT molecular complexity index is 696. The Morgan fingerprint density at radius 1 is 1.45 bits per heavy atom. The van der Waals surface area contributed by atoms with Crippen LogP contribution in [-0.2, 0) is 4.79 Å². The molecule has 0 spiro atoms. The monoisotopic (exact) mass is 320 g/mol. The Hall–Kier alpha value is -2.28. The first-order chi connectivity index (χ1) is 10.4. The molecule has 6 nitrogen and oxygen atoms in total. The molecule has 2 aromatic rings. The molecule has 0 bridgehead atoms. The Morgan fingerprint density at radius 3 is 2.73 bits per heavy atom. The van der Waals surface area contributed by atoms with Gasteiger partial charge >= 0.3 is 11.0 Å². The summed E-state index contributed by atoms with van der Waals surface area (Å²) in [6.45, 7) is 3.95. The molecule has 0 aliphatic carbocycles. The number of rotatable bonds is 6. The average molecular weight is 320 g/mol. The van der Waals surface area contributed by atoms with E-state index in [1.165, 1.54) is 6.20 Å². The van der Waals surface area contributed by atoms with Gasteiger partial charge in [0.05, 0.1) is 10.8 Å². The molecule has 0 saturated carbocycles. The minimum atomic E-state index is -0.865. The number of aliphatic carboxylic acids is 1. The van der Waals surface area contributed by atoms with Crippen LogP contribution >= 0.6 is 11.3 Å². The van der Waals surface area contributed by atoms with Gasteiger partial charge in [-0.3, -0.25) is 14.9 Å². The largest absolute Gasteiger partial charge is 0.481 e. The summed E-state index contributed by atoms with van der Waals surface area (Å²) in [6.07, 6.45) is 1.76. The van der Waals surface area contributed by atoms with E-state index in [9.17, 15) is 20.0 Å². The van der Waals surface area contributed by atoms with E-state index in [-0.39, 0.29) is 10.9 Å². The number of carbonyl (C=O) groups is 1. The standard InChI is InChI=1S/C15H16N2O4S/c1-9(2)6-12(15(18)19)10-4-3-5-11(7-10)14-16-8-13(22-14)17(20)21/h3-5,7-9,12H,6H2,1-2H3,(H,18,19). The lowest BCUT2D eigenvalue weighted by Crippen LogP contribution is -2.14. The number of nitrogens with zero attached hydrogens (tertiary/aromatic N) is 2. The van der Waals surface area contributed by atoms with Gasteiger partial charge < -0.3 is 5.11 Å². The summed E-state index contributed by atoms with van der Waals surface area (Å²) in [6, 6.07) is 7.06. The van der Waals surface area contributed by atoms with Gasteiger partial charge in [-0.2, -0.15) is 0 Å². The third-order valence-corrected chi connectivity index (χ3v) is 4.21. The number of hydrogen-bond donors (Lipinski definition) is 1. The first-order valence-electron chi connectivity index (χ1n) is 6.82. The maximum Gasteiger partial charge on any atom is 0.344 e. The lowest BCUT2D eigenvalue weighted by Gasteiger charge is -2.15. The van der Waals surface area contributed by atoms with Gasteiger partial charge in [-0.25, -0.2) is 4.98 Å². The summed E-state index contributed by atoms with van der Waals surface area (Å²) >= 11 is 0.979. The van der Waals surface area contributed by atoms with Gasteiger partial charge in [-0.1, -0.05) is 32.0 Å². The van der Waals surface area contributed by atoms with Crippen LogP contribution in [-0.4, -0.2) is 21.0 Å². The lowest BCUT2D eigenvalue weighted by molar-refractivity contribution is -0.380. The van der Waals surface area contributed by atoms with Crippen LogP contribution in [0.5, 0.6) is 0 Å². The maximum atomic E-state index is 11.5. The fraction of sp³-hybridized carbons (Fsp3) is 0.333. The third kappa shape index (κ3) is 3.67. The Morgan fingerprint density at radius 2 is 2.18 bits per heavy atom. The van der Waals surface area contributed by atoms with Crippen molar-refractivity contribution in [3.63, 3.8) is 0 Å². The smallest absolute Gasteiger partial charge is 0.344 e.